The van der Waals surface area contributed by atoms with Crippen LogP contribution in [-0.2, 0) is 4.74 Å². The highest BCUT2D eigenvalue weighted by atomic mass is 19.1. The van der Waals surface area contributed by atoms with Crippen LogP contribution < -0.4 is 10.6 Å². The van der Waals surface area contributed by atoms with Crippen LogP contribution >= 0.6 is 0 Å². The maximum absolute atomic E-state index is 16.2. The van der Waals surface area contributed by atoms with E-state index in [4.69, 9.17) is 9.15 Å². The second-order valence-corrected chi connectivity index (χ2v) is 12.8. The highest BCUT2D eigenvalue weighted by Gasteiger charge is 2.33. The van der Waals surface area contributed by atoms with E-state index in [2.05, 4.69) is 19.9 Å². The largest absolute Gasteiger partial charge is 0.464 e. The maximum Gasteiger partial charge on any atom is 0.410 e. The third-order valence-electron chi connectivity index (χ3n) is 7.96. The summed E-state index contributed by atoms with van der Waals surface area (Å²) in [6.07, 6.45) is 2.36. The van der Waals surface area contributed by atoms with Crippen molar-refractivity contribution in [3.05, 3.63) is 70.4 Å². The van der Waals surface area contributed by atoms with Crippen LogP contribution in [0.25, 0.3) is 38.9 Å². The number of amides is 1. The molecule has 1 aliphatic rings. The predicted octanol–water partition coefficient (Wildman–Crippen LogP) is 6.14. The van der Waals surface area contributed by atoms with Crippen molar-refractivity contribution in [1.29, 1.82) is 0 Å². The normalized spacial score (nSPS) is 15.7. The molecule has 1 atom stereocenters. The van der Waals surface area contributed by atoms with Crippen LogP contribution in [-0.4, -0.2) is 66.8 Å². The number of aromatic nitrogens is 5. The SMILES string of the molecule is Cc1ncnc(C(C)C)c1-n1c(=O)nc(N2CCN(C(=O)OC(C)(C)C)C[C@@H]2C)c2cc(F)c(-c3c(F)ccc4ccoc34)nc21. The molecule has 11 nitrogen and oxygen atoms in total. The molecule has 240 valence electrons. The second kappa shape index (κ2) is 11.5. The Morgan fingerprint density at radius 3 is 2.54 bits per heavy atom. The van der Waals surface area contributed by atoms with E-state index in [1.165, 1.54) is 35.4 Å². The zero-order chi connectivity index (χ0) is 33.1. The lowest BCUT2D eigenvalue weighted by atomic mass is 10.1. The van der Waals surface area contributed by atoms with Gasteiger partial charge < -0.3 is 19.0 Å². The summed E-state index contributed by atoms with van der Waals surface area (Å²) in [5.74, 6) is -1.48. The Hall–Kier alpha value is -4.94. The van der Waals surface area contributed by atoms with Crippen LogP contribution in [0.2, 0.25) is 0 Å². The van der Waals surface area contributed by atoms with Crippen LogP contribution in [0, 0.1) is 18.6 Å². The first-order chi connectivity index (χ1) is 21.7. The highest BCUT2D eigenvalue weighted by Crippen LogP contribution is 2.37. The lowest BCUT2D eigenvalue weighted by molar-refractivity contribution is 0.0218. The number of ether oxygens (including phenoxy) is 1. The summed E-state index contributed by atoms with van der Waals surface area (Å²) in [5.41, 5.74) is -0.225. The molecule has 1 fully saturated rings. The van der Waals surface area contributed by atoms with E-state index in [0.29, 0.717) is 29.0 Å². The van der Waals surface area contributed by atoms with Gasteiger partial charge in [-0.15, -0.1) is 0 Å². The number of piperazine rings is 1. The van der Waals surface area contributed by atoms with E-state index in [0.717, 1.165) is 0 Å². The number of halogens is 2. The monoisotopic (exact) mass is 631 g/mol. The molecular formula is C33H35F2N7O4. The quantitative estimate of drug-likeness (QED) is 0.230. The topological polar surface area (TPSA) is 119 Å². The Morgan fingerprint density at radius 2 is 1.85 bits per heavy atom. The van der Waals surface area contributed by atoms with Gasteiger partial charge in [0, 0.05) is 31.1 Å². The molecule has 0 bridgehead atoms. The molecule has 6 rings (SSSR count). The summed E-state index contributed by atoms with van der Waals surface area (Å²) in [5, 5.41) is 0.792. The minimum absolute atomic E-state index is 0.0518. The third-order valence-corrected chi connectivity index (χ3v) is 7.96. The van der Waals surface area contributed by atoms with Crippen molar-refractivity contribution in [2.45, 2.75) is 66.0 Å². The second-order valence-electron chi connectivity index (χ2n) is 12.8. The Morgan fingerprint density at radius 1 is 1.09 bits per heavy atom. The minimum Gasteiger partial charge on any atom is -0.464 e. The van der Waals surface area contributed by atoms with E-state index in [1.807, 2.05) is 25.7 Å². The van der Waals surface area contributed by atoms with Crippen molar-refractivity contribution < 1.29 is 22.7 Å². The first-order valence-corrected chi connectivity index (χ1v) is 15.1. The molecule has 1 amide bonds. The van der Waals surface area contributed by atoms with E-state index in [1.54, 1.807) is 38.7 Å². The lowest BCUT2D eigenvalue weighted by Crippen LogP contribution is -2.55. The summed E-state index contributed by atoms with van der Waals surface area (Å²) < 4.78 is 44.0. The average molecular weight is 632 g/mol. The van der Waals surface area contributed by atoms with Gasteiger partial charge in [0.05, 0.1) is 34.3 Å². The molecule has 0 saturated carbocycles. The Kier molecular flexibility index (Phi) is 7.73. The number of anilines is 1. The van der Waals surface area contributed by atoms with Crippen molar-refractivity contribution in [3.8, 4) is 16.9 Å². The van der Waals surface area contributed by atoms with Gasteiger partial charge in [-0.1, -0.05) is 13.8 Å². The summed E-state index contributed by atoms with van der Waals surface area (Å²) in [6.45, 7) is 13.7. The molecule has 0 aliphatic carbocycles. The number of carbonyl (C=O) groups excluding carboxylic acids is 1. The fourth-order valence-electron chi connectivity index (χ4n) is 5.88. The standard InChI is InChI=1S/C33H35F2N7O4/c1-17(2)25-27(19(4)36-16-37-25)42-30-21(14-23(35)26(38-30)24-22(34)9-8-20-10-13-45-28(20)24)29(39-31(42)43)41-12-11-40(15-18(41)3)32(44)46-33(5,6)7/h8-10,13-14,16-18H,11-12,15H2,1-7H3/t18-/m0/s1. The zero-order valence-corrected chi connectivity index (χ0v) is 26.8. The first kappa shape index (κ1) is 31.1. The maximum atomic E-state index is 16.2. The number of furan rings is 1. The van der Waals surface area contributed by atoms with Gasteiger partial charge in [0.2, 0.25) is 0 Å². The molecule has 13 heteroatoms. The van der Waals surface area contributed by atoms with Gasteiger partial charge in [-0.05, 0) is 64.8 Å². The van der Waals surface area contributed by atoms with Crippen LogP contribution in [0.1, 0.15) is 58.8 Å². The highest BCUT2D eigenvalue weighted by molar-refractivity contribution is 5.95. The van der Waals surface area contributed by atoms with Crippen LogP contribution in [0.4, 0.5) is 19.4 Å². The van der Waals surface area contributed by atoms with Crippen LogP contribution in [0.5, 0.6) is 0 Å². The van der Waals surface area contributed by atoms with Crippen molar-refractivity contribution in [1.82, 2.24) is 29.4 Å². The molecule has 46 heavy (non-hydrogen) atoms. The molecule has 1 aliphatic heterocycles. The number of hydrogen-bond donors (Lipinski definition) is 0. The van der Waals surface area contributed by atoms with Crippen molar-refractivity contribution in [3.63, 3.8) is 0 Å². The van der Waals surface area contributed by atoms with Gasteiger partial charge >= 0.3 is 11.8 Å². The molecule has 0 N–H and O–H groups in total. The molecule has 5 heterocycles. The fraction of sp³-hybridized carbons (Fsp3) is 0.394. The Labute approximate surface area is 263 Å². The van der Waals surface area contributed by atoms with Gasteiger partial charge in [-0.25, -0.2) is 37.9 Å². The number of hydrogen-bond acceptors (Lipinski definition) is 9. The Bertz CT molecular complexity index is 2050. The molecule has 1 aromatic carbocycles. The molecular weight excluding hydrogens is 596 g/mol. The number of fused-ring (bicyclic) bond motifs is 2. The molecule has 5 aromatic rings. The third kappa shape index (κ3) is 5.43. The van der Waals surface area contributed by atoms with Crippen molar-refractivity contribution >= 4 is 33.9 Å². The number of benzene rings is 1. The predicted molar refractivity (Wildman–Crippen MR) is 169 cm³/mol. The zero-order valence-electron chi connectivity index (χ0n) is 26.8. The van der Waals surface area contributed by atoms with E-state index in [9.17, 15) is 9.59 Å². The molecule has 4 aromatic heterocycles. The lowest BCUT2D eigenvalue weighted by Gasteiger charge is -2.41. The fourth-order valence-corrected chi connectivity index (χ4v) is 5.88. The van der Waals surface area contributed by atoms with Crippen LogP contribution in [0.3, 0.4) is 0 Å². The first-order valence-electron chi connectivity index (χ1n) is 15.1. The number of aryl methyl sites for hydroxylation is 1. The minimum atomic E-state index is -0.825. The number of pyridine rings is 1. The molecule has 0 spiro atoms. The Balaban J connectivity index is 1.59. The van der Waals surface area contributed by atoms with E-state index in [-0.39, 0.29) is 58.7 Å². The van der Waals surface area contributed by atoms with Gasteiger partial charge in [-0.2, -0.15) is 4.98 Å². The molecule has 0 radical (unpaired) electrons. The van der Waals surface area contributed by atoms with E-state index >= 15 is 8.78 Å². The summed E-state index contributed by atoms with van der Waals surface area (Å²) in [7, 11) is 0. The van der Waals surface area contributed by atoms with Crippen molar-refractivity contribution in [2.75, 3.05) is 24.5 Å². The summed E-state index contributed by atoms with van der Waals surface area (Å²) in [6, 6.07) is 5.30. The molecule has 1 saturated heterocycles. The van der Waals surface area contributed by atoms with Gasteiger partial charge in [0.15, 0.2) is 11.5 Å². The number of nitrogens with zero attached hydrogens (tertiary/aromatic N) is 7. The van der Waals surface area contributed by atoms with E-state index < -0.39 is 29.0 Å². The number of rotatable bonds is 4. The van der Waals surface area contributed by atoms with Crippen LogP contribution in [0.15, 0.2) is 46.1 Å². The summed E-state index contributed by atoms with van der Waals surface area (Å²) >= 11 is 0. The van der Waals surface area contributed by atoms with Gasteiger partial charge in [0.25, 0.3) is 0 Å². The smallest absolute Gasteiger partial charge is 0.410 e. The van der Waals surface area contributed by atoms with Gasteiger partial charge in [0.1, 0.15) is 34.8 Å². The molecule has 0 unspecified atom stereocenters. The number of carbonyl (C=O) groups is 1. The van der Waals surface area contributed by atoms with Crippen molar-refractivity contribution in [2.24, 2.45) is 0 Å². The van der Waals surface area contributed by atoms with Gasteiger partial charge in [-0.3, -0.25) is 0 Å². The summed E-state index contributed by atoms with van der Waals surface area (Å²) in [4.78, 5) is 48.3. The average Bonchev–Trinajstić information content (AvgIpc) is 3.45.